The van der Waals surface area contributed by atoms with Crippen LogP contribution >= 0.6 is 0 Å². The molecule has 0 unspecified atom stereocenters. The van der Waals surface area contributed by atoms with Gasteiger partial charge >= 0.3 is 6.18 Å². The molecule has 0 atom stereocenters. The average molecular weight is 415 g/mol. The molecule has 0 saturated heterocycles. The smallest absolute Gasteiger partial charge is 0.419 e. The van der Waals surface area contributed by atoms with Gasteiger partial charge in [-0.25, -0.2) is 4.98 Å². The Hall–Kier alpha value is -3.55. The van der Waals surface area contributed by atoms with Crippen LogP contribution in [0.5, 0.6) is 5.75 Å². The number of benzene rings is 2. The minimum atomic E-state index is -4.50. The van der Waals surface area contributed by atoms with Gasteiger partial charge in [-0.1, -0.05) is 36.4 Å². The Morgan fingerprint density at radius 2 is 1.67 bits per heavy atom. The number of para-hydroxylation sites is 1. The molecule has 0 aliphatic carbocycles. The van der Waals surface area contributed by atoms with Crippen molar-refractivity contribution in [1.29, 1.82) is 0 Å². The van der Waals surface area contributed by atoms with Crippen molar-refractivity contribution >= 4 is 11.7 Å². The van der Waals surface area contributed by atoms with E-state index in [0.29, 0.717) is 16.9 Å². The quantitative estimate of drug-likeness (QED) is 0.531. The predicted octanol–water partition coefficient (Wildman–Crippen LogP) is 4.52. The second kappa shape index (κ2) is 9.78. The molecular formula is C22H20F3N3O2. The van der Waals surface area contributed by atoms with E-state index in [0.717, 1.165) is 6.07 Å². The molecule has 1 aromatic heterocycles. The van der Waals surface area contributed by atoms with Gasteiger partial charge in [0, 0.05) is 30.4 Å². The first kappa shape index (κ1) is 21.2. The number of rotatable bonds is 8. The van der Waals surface area contributed by atoms with E-state index in [1.807, 2.05) is 36.4 Å². The molecule has 0 aliphatic rings. The lowest BCUT2D eigenvalue weighted by molar-refractivity contribution is -0.137. The topological polar surface area (TPSA) is 63.2 Å². The Bertz CT molecular complexity index is 979. The van der Waals surface area contributed by atoms with Gasteiger partial charge in [0.15, 0.2) is 0 Å². The highest BCUT2D eigenvalue weighted by Crippen LogP contribution is 2.33. The van der Waals surface area contributed by atoms with Crippen molar-refractivity contribution in [3.63, 3.8) is 0 Å². The molecule has 2 N–H and O–H groups in total. The lowest BCUT2D eigenvalue weighted by Gasteiger charge is -2.14. The van der Waals surface area contributed by atoms with Crippen molar-refractivity contribution in [3.05, 3.63) is 89.6 Å². The third-order valence-corrected chi connectivity index (χ3v) is 4.22. The Labute approximate surface area is 171 Å². The minimum Gasteiger partial charge on any atom is -0.489 e. The molecule has 0 spiro atoms. The fourth-order valence-corrected chi connectivity index (χ4v) is 2.77. The van der Waals surface area contributed by atoms with Crippen molar-refractivity contribution in [2.45, 2.75) is 12.8 Å². The van der Waals surface area contributed by atoms with Crippen LogP contribution in [0.1, 0.15) is 21.5 Å². The summed E-state index contributed by atoms with van der Waals surface area (Å²) >= 11 is 0. The minimum absolute atomic E-state index is 0.0918. The zero-order valence-electron chi connectivity index (χ0n) is 15.9. The Morgan fingerprint density at radius 1 is 0.933 bits per heavy atom. The largest absolute Gasteiger partial charge is 0.489 e. The van der Waals surface area contributed by atoms with Crippen molar-refractivity contribution in [2.75, 3.05) is 18.4 Å². The summed E-state index contributed by atoms with van der Waals surface area (Å²) in [6.45, 7) is 0.434. The van der Waals surface area contributed by atoms with Gasteiger partial charge in [0.05, 0.1) is 5.56 Å². The van der Waals surface area contributed by atoms with Gasteiger partial charge < -0.3 is 15.4 Å². The van der Waals surface area contributed by atoms with Gasteiger partial charge in [0.2, 0.25) is 0 Å². The van der Waals surface area contributed by atoms with Gasteiger partial charge in [-0.3, -0.25) is 4.79 Å². The van der Waals surface area contributed by atoms with Crippen molar-refractivity contribution in [2.24, 2.45) is 0 Å². The molecule has 1 amide bonds. The summed E-state index contributed by atoms with van der Waals surface area (Å²) in [5.41, 5.74) is 0.304. The number of carbonyl (C=O) groups excluding carboxylic acids is 1. The summed E-state index contributed by atoms with van der Waals surface area (Å²) < 4.78 is 44.7. The molecule has 3 aromatic rings. The van der Waals surface area contributed by atoms with Crippen molar-refractivity contribution in [1.82, 2.24) is 10.3 Å². The number of nitrogens with zero attached hydrogens (tertiary/aromatic N) is 1. The number of alkyl halides is 3. The fraction of sp³-hybridized carbons (Fsp3) is 0.182. The summed E-state index contributed by atoms with van der Waals surface area (Å²) in [4.78, 5) is 16.3. The Balaban J connectivity index is 1.55. The third kappa shape index (κ3) is 5.73. The van der Waals surface area contributed by atoms with Gasteiger partial charge in [0.1, 0.15) is 18.2 Å². The molecule has 0 aliphatic heterocycles. The molecule has 0 fully saturated rings. The van der Waals surface area contributed by atoms with E-state index < -0.39 is 11.7 Å². The molecule has 3 rings (SSSR count). The molecule has 5 nitrogen and oxygen atoms in total. The van der Waals surface area contributed by atoms with Crippen molar-refractivity contribution in [3.8, 4) is 5.75 Å². The molecule has 156 valence electrons. The van der Waals surface area contributed by atoms with E-state index in [-0.39, 0.29) is 31.4 Å². The number of hydrogen-bond acceptors (Lipinski definition) is 4. The van der Waals surface area contributed by atoms with Crippen LogP contribution in [0.2, 0.25) is 0 Å². The van der Waals surface area contributed by atoms with E-state index in [2.05, 4.69) is 15.6 Å². The molecular weight excluding hydrogens is 395 g/mol. The highest BCUT2D eigenvalue weighted by molar-refractivity contribution is 5.95. The number of amides is 1. The van der Waals surface area contributed by atoms with Gasteiger partial charge in [-0.2, -0.15) is 13.2 Å². The number of ether oxygens (including phenoxy) is 1. The molecule has 8 heteroatoms. The highest BCUT2D eigenvalue weighted by atomic mass is 19.4. The number of anilines is 1. The van der Waals surface area contributed by atoms with Gasteiger partial charge in [-0.05, 0) is 30.3 Å². The standard InChI is InChI=1S/C22H20F3N3O2/c23-22(24,25)19-11-6-12-26-20(19)27-13-14-28-21(29)18-10-5-4-7-16(18)15-30-17-8-2-1-3-9-17/h1-12H,13-15H2,(H,26,27)(H,28,29). The first-order chi connectivity index (χ1) is 14.4. The zero-order chi connectivity index (χ0) is 21.4. The second-order valence-electron chi connectivity index (χ2n) is 6.34. The van der Waals surface area contributed by atoms with Crippen molar-refractivity contribution < 1.29 is 22.7 Å². The Kier molecular flexibility index (Phi) is 6.90. The van der Waals surface area contributed by atoms with Crippen LogP contribution in [0.3, 0.4) is 0 Å². The molecule has 0 saturated carbocycles. The van der Waals surface area contributed by atoms with Crippen LogP contribution in [-0.4, -0.2) is 24.0 Å². The second-order valence-corrected chi connectivity index (χ2v) is 6.34. The predicted molar refractivity (Wildman–Crippen MR) is 107 cm³/mol. The Morgan fingerprint density at radius 3 is 2.43 bits per heavy atom. The first-order valence-corrected chi connectivity index (χ1v) is 9.25. The van der Waals surface area contributed by atoms with Crippen LogP contribution in [0.4, 0.5) is 19.0 Å². The van der Waals surface area contributed by atoms with E-state index in [4.69, 9.17) is 4.74 Å². The van der Waals surface area contributed by atoms with E-state index in [9.17, 15) is 18.0 Å². The summed E-state index contributed by atoms with van der Waals surface area (Å²) in [7, 11) is 0. The van der Waals surface area contributed by atoms with Gasteiger partial charge in [-0.15, -0.1) is 0 Å². The van der Waals surface area contributed by atoms with E-state index in [1.54, 1.807) is 18.2 Å². The summed E-state index contributed by atoms with van der Waals surface area (Å²) in [6.07, 6.45) is -3.23. The van der Waals surface area contributed by atoms with Crippen LogP contribution in [0.15, 0.2) is 72.9 Å². The van der Waals surface area contributed by atoms with Crippen LogP contribution in [0.25, 0.3) is 0 Å². The normalized spacial score (nSPS) is 11.0. The molecule has 2 aromatic carbocycles. The van der Waals surface area contributed by atoms with Crippen LogP contribution in [-0.2, 0) is 12.8 Å². The third-order valence-electron chi connectivity index (χ3n) is 4.22. The maximum absolute atomic E-state index is 13.0. The monoisotopic (exact) mass is 415 g/mol. The van der Waals surface area contributed by atoms with Crippen LogP contribution < -0.4 is 15.4 Å². The maximum atomic E-state index is 13.0. The number of hydrogen-bond donors (Lipinski definition) is 2. The average Bonchev–Trinajstić information content (AvgIpc) is 2.75. The lowest BCUT2D eigenvalue weighted by atomic mass is 10.1. The molecule has 0 radical (unpaired) electrons. The molecule has 30 heavy (non-hydrogen) atoms. The maximum Gasteiger partial charge on any atom is 0.419 e. The first-order valence-electron chi connectivity index (χ1n) is 9.25. The number of pyridine rings is 1. The number of carbonyl (C=O) groups is 1. The van der Waals surface area contributed by atoms with E-state index >= 15 is 0 Å². The molecule has 0 bridgehead atoms. The zero-order valence-corrected chi connectivity index (χ0v) is 15.9. The summed E-state index contributed by atoms with van der Waals surface area (Å²) in [6, 6.07) is 18.4. The fourth-order valence-electron chi connectivity index (χ4n) is 2.77. The van der Waals surface area contributed by atoms with E-state index in [1.165, 1.54) is 12.3 Å². The highest BCUT2D eigenvalue weighted by Gasteiger charge is 2.33. The number of aromatic nitrogens is 1. The summed E-state index contributed by atoms with van der Waals surface area (Å²) in [5.74, 6) is 0.0878. The van der Waals surface area contributed by atoms with Crippen LogP contribution in [0, 0.1) is 0 Å². The SMILES string of the molecule is O=C(NCCNc1ncccc1C(F)(F)F)c1ccccc1COc1ccccc1. The lowest BCUT2D eigenvalue weighted by Crippen LogP contribution is -2.30. The number of halogens is 3. The number of nitrogens with one attached hydrogen (secondary N) is 2. The van der Waals surface area contributed by atoms with Gasteiger partial charge in [0.25, 0.3) is 5.91 Å². The molecule has 1 heterocycles. The summed E-state index contributed by atoms with van der Waals surface area (Å²) in [5, 5.41) is 5.32.